The molecule has 0 aliphatic carbocycles. The number of ether oxygens (including phenoxy) is 2. The van der Waals surface area contributed by atoms with Gasteiger partial charge in [0.1, 0.15) is 5.82 Å². The number of benzene rings is 1. The van der Waals surface area contributed by atoms with Crippen LogP contribution in [0.2, 0.25) is 0 Å². The van der Waals surface area contributed by atoms with Crippen LogP contribution in [0.15, 0.2) is 39.4 Å². The fourth-order valence-electron chi connectivity index (χ4n) is 1.70. The monoisotopic (exact) mass is 400 g/mol. The number of rotatable bonds is 5. The van der Waals surface area contributed by atoms with E-state index in [1.54, 1.807) is 20.4 Å². The summed E-state index contributed by atoms with van der Waals surface area (Å²) in [5.41, 5.74) is 1.06. The number of anilines is 1. The molecule has 6 heteroatoms. The summed E-state index contributed by atoms with van der Waals surface area (Å²) in [6.07, 6.45) is 1.76. The van der Waals surface area contributed by atoms with E-state index < -0.39 is 0 Å². The van der Waals surface area contributed by atoms with Crippen molar-refractivity contribution in [2.24, 2.45) is 0 Å². The minimum atomic E-state index is 0.634. The lowest BCUT2D eigenvalue weighted by molar-refractivity contribution is 0.354. The molecule has 0 fully saturated rings. The Morgan fingerprint density at radius 3 is 2.40 bits per heavy atom. The van der Waals surface area contributed by atoms with Crippen LogP contribution in [-0.2, 0) is 6.54 Å². The maximum absolute atomic E-state index is 5.30. The van der Waals surface area contributed by atoms with Crippen molar-refractivity contribution in [2.75, 3.05) is 19.5 Å². The molecule has 4 nitrogen and oxygen atoms in total. The first kappa shape index (κ1) is 15.1. The SMILES string of the molecule is COc1cc(Br)c(CNc2ccc(Br)cn2)cc1OC. The lowest BCUT2D eigenvalue weighted by Gasteiger charge is -2.12. The van der Waals surface area contributed by atoms with Gasteiger partial charge in [-0.25, -0.2) is 4.98 Å². The molecule has 2 rings (SSSR count). The number of nitrogens with one attached hydrogen (secondary N) is 1. The highest BCUT2D eigenvalue weighted by atomic mass is 79.9. The number of methoxy groups -OCH3 is 2. The lowest BCUT2D eigenvalue weighted by Crippen LogP contribution is -2.03. The van der Waals surface area contributed by atoms with Gasteiger partial charge >= 0.3 is 0 Å². The first-order chi connectivity index (χ1) is 9.63. The normalized spacial score (nSPS) is 10.2. The van der Waals surface area contributed by atoms with Crippen LogP contribution in [0.3, 0.4) is 0 Å². The van der Waals surface area contributed by atoms with Crippen molar-refractivity contribution in [1.82, 2.24) is 4.98 Å². The molecule has 0 aliphatic heterocycles. The van der Waals surface area contributed by atoms with Gasteiger partial charge in [0.2, 0.25) is 0 Å². The van der Waals surface area contributed by atoms with Crippen LogP contribution in [0, 0.1) is 0 Å². The summed E-state index contributed by atoms with van der Waals surface area (Å²) < 4.78 is 12.5. The molecule has 1 aromatic carbocycles. The van der Waals surface area contributed by atoms with Crippen molar-refractivity contribution in [3.63, 3.8) is 0 Å². The number of pyridine rings is 1. The van der Waals surface area contributed by atoms with Crippen molar-refractivity contribution < 1.29 is 9.47 Å². The van der Waals surface area contributed by atoms with Gasteiger partial charge in [0, 0.05) is 21.7 Å². The first-order valence-corrected chi connectivity index (χ1v) is 7.48. The Kier molecular flexibility index (Phi) is 5.25. The van der Waals surface area contributed by atoms with Crippen molar-refractivity contribution >= 4 is 37.7 Å². The molecule has 0 saturated carbocycles. The summed E-state index contributed by atoms with van der Waals surface area (Å²) in [5, 5.41) is 3.26. The van der Waals surface area contributed by atoms with E-state index in [1.165, 1.54) is 0 Å². The topological polar surface area (TPSA) is 43.4 Å². The Labute approximate surface area is 134 Å². The van der Waals surface area contributed by atoms with Gasteiger partial charge < -0.3 is 14.8 Å². The Hall–Kier alpha value is -1.27. The van der Waals surface area contributed by atoms with Crippen molar-refractivity contribution in [3.05, 3.63) is 45.0 Å². The predicted molar refractivity (Wildman–Crippen MR) is 86.5 cm³/mol. The Morgan fingerprint density at radius 2 is 1.80 bits per heavy atom. The van der Waals surface area contributed by atoms with Crippen LogP contribution in [0.4, 0.5) is 5.82 Å². The molecule has 0 bridgehead atoms. The van der Waals surface area contributed by atoms with Crippen molar-refractivity contribution in [3.8, 4) is 11.5 Å². The highest BCUT2D eigenvalue weighted by Crippen LogP contribution is 2.33. The van der Waals surface area contributed by atoms with E-state index in [9.17, 15) is 0 Å². The van der Waals surface area contributed by atoms with Crippen LogP contribution < -0.4 is 14.8 Å². The number of nitrogens with zero attached hydrogens (tertiary/aromatic N) is 1. The molecule has 0 amide bonds. The predicted octanol–water partition coefficient (Wildman–Crippen LogP) is 4.24. The van der Waals surface area contributed by atoms with Crippen molar-refractivity contribution in [1.29, 1.82) is 0 Å². The van der Waals surface area contributed by atoms with Crippen LogP contribution in [0.1, 0.15) is 5.56 Å². The van der Waals surface area contributed by atoms with E-state index in [1.807, 2.05) is 24.3 Å². The molecule has 0 saturated heterocycles. The Balaban J connectivity index is 2.14. The second kappa shape index (κ2) is 6.95. The zero-order chi connectivity index (χ0) is 14.5. The molecule has 0 aliphatic rings. The van der Waals surface area contributed by atoms with Gasteiger partial charge in [0.15, 0.2) is 11.5 Å². The molecule has 0 unspecified atom stereocenters. The summed E-state index contributed by atoms with van der Waals surface area (Å²) in [6, 6.07) is 7.69. The summed E-state index contributed by atoms with van der Waals surface area (Å²) in [6.45, 7) is 0.634. The summed E-state index contributed by atoms with van der Waals surface area (Å²) in [4.78, 5) is 4.27. The molecule has 0 atom stereocenters. The molecule has 0 radical (unpaired) electrons. The molecule has 1 N–H and O–H groups in total. The maximum Gasteiger partial charge on any atom is 0.161 e. The van der Waals surface area contributed by atoms with Crippen LogP contribution >= 0.6 is 31.9 Å². The highest BCUT2D eigenvalue weighted by molar-refractivity contribution is 9.10. The third-order valence-corrected chi connectivity index (χ3v) is 3.95. The fraction of sp³-hybridized carbons (Fsp3) is 0.214. The highest BCUT2D eigenvalue weighted by Gasteiger charge is 2.09. The number of aromatic nitrogens is 1. The number of hydrogen-bond acceptors (Lipinski definition) is 4. The quantitative estimate of drug-likeness (QED) is 0.813. The molecule has 20 heavy (non-hydrogen) atoms. The second-order valence-corrected chi connectivity index (χ2v) is 5.78. The van der Waals surface area contributed by atoms with Gasteiger partial charge in [-0.1, -0.05) is 15.9 Å². The molecule has 2 aromatic rings. The Bertz CT molecular complexity index is 588. The zero-order valence-electron chi connectivity index (χ0n) is 11.1. The van der Waals surface area contributed by atoms with Crippen LogP contribution in [0.5, 0.6) is 11.5 Å². The average Bonchev–Trinajstić information content (AvgIpc) is 2.47. The Morgan fingerprint density at radius 1 is 1.10 bits per heavy atom. The lowest BCUT2D eigenvalue weighted by atomic mass is 10.2. The molecule has 1 aromatic heterocycles. The molecular weight excluding hydrogens is 388 g/mol. The van der Waals surface area contributed by atoms with Gasteiger partial charge in [-0.05, 0) is 45.8 Å². The van der Waals surface area contributed by atoms with Crippen LogP contribution in [0.25, 0.3) is 0 Å². The molecular formula is C14H14Br2N2O2. The average molecular weight is 402 g/mol. The largest absolute Gasteiger partial charge is 0.493 e. The fourth-order valence-corrected chi connectivity index (χ4v) is 2.40. The van der Waals surface area contributed by atoms with Crippen LogP contribution in [-0.4, -0.2) is 19.2 Å². The third kappa shape index (κ3) is 3.64. The van der Waals surface area contributed by atoms with Gasteiger partial charge in [-0.2, -0.15) is 0 Å². The van der Waals surface area contributed by atoms with E-state index in [0.717, 1.165) is 20.3 Å². The smallest absolute Gasteiger partial charge is 0.161 e. The van der Waals surface area contributed by atoms with E-state index in [4.69, 9.17) is 9.47 Å². The minimum Gasteiger partial charge on any atom is -0.493 e. The van der Waals surface area contributed by atoms with Gasteiger partial charge in [0.25, 0.3) is 0 Å². The van der Waals surface area contributed by atoms with Gasteiger partial charge in [-0.3, -0.25) is 0 Å². The molecule has 106 valence electrons. The second-order valence-electron chi connectivity index (χ2n) is 4.01. The van der Waals surface area contributed by atoms with Crippen molar-refractivity contribution in [2.45, 2.75) is 6.54 Å². The summed E-state index contributed by atoms with van der Waals surface area (Å²) >= 11 is 6.89. The van der Waals surface area contributed by atoms with Gasteiger partial charge in [0.05, 0.1) is 14.2 Å². The van der Waals surface area contributed by atoms with E-state index in [-0.39, 0.29) is 0 Å². The maximum atomic E-state index is 5.30. The number of halogens is 2. The molecule has 0 spiro atoms. The summed E-state index contributed by atoms with van der Waals surface area (Å²) in [5.74, 6) is 2.22. The minimum absolute atomic E-state index is 0.634. The van der Waals surface area contributed by atoms with E-state index in [2.05, 4.69) is 42.2 Å². The van der Waals surface area contributed by atoms with E-state index in [0.29, 0.717) is 18.0 Å². The standard InChI is InChI=1S/C14H14Br2N2O2/c1-19-12-5-9(11(16)6-13(12)20-2)7-17-14-4-3-10(15)8-18-14/h3-6,8H,7H2,1-2H3,(H,17,18). The van der Waals surface area contributed by atoms with Gasteiger partial charge in [-0.15, -0.1) is 0 Å². The molecule has 1 heterocycles. The third-order valence-electron chi connectivity index (χ3n) is 2.74. The zero-order valence-corrected chi connectivity index (χ0v) is 14.3. The van der Waals surface area contributed by atoms with E-state index >= 15 is 0 Å². The number of hydrogen-bond donors (Lipinski definition) is 1. The summed E-state index contributed by atoms with van der Waals surface area (Å²) in [7, 11) is 3.24. The first-order valence-electron chi connectivity index (χ1n) is 5.90.